The molecule has 2 aromatic rings. The van der Waals surface area contributed by atoms with Gasteiger partial charge in [-0.05, 0) is 43.7 Å². The average Bonchev–Trinajstić information content (AvgIpc) is 2.90. The smallest absolute Gasteiger partial charge is 0.306 e. The van der Waals surface area contributed by atoms with Crippen LogP contribution in [-0.4, -0.2) is 41.7 Å². The van der Waals surface area contributed by atoms with Gasteiger partial charge in [0.05, 0.1) is 11.1 Å². The fourth-order valence-electron chi connectivity index (χ4n) is 2.97. The summed E-state index contributed by atoms with van der Waals surface area (Å²) in [6.07, 6.45) is 0.161. The zero-order valence-corrected chi connectivity index (χ0v) is 15.7. The number of carbonyl (C=O) groups is 4. The minimum atomic E-state index is -0.633. The lowest BCUT2D eigenvalue weighted by Gasteiger charge is -2.13. The molecule has 1 heterocycles. The first kappa shape index (κ1) is 20.2. The third-order valence-electron chi connectivity index (χ3n) is 4.36. The minimum Gasteiger partial charge on any atom is -0.456 e. The van der Waals surface area contributed by atoms with Crippen molar-refractivity contribution in [1.29, 1.82) is 0 Å². The SMILES string of the molecule is Cc1ccc2c(c1)C(=O)N(CCCC(=O)OCC(=O)Nc1cccc(F)c1)C2=O. The summed E-state index contributed by atoms with van der Waals surface area (Å²) in [6, 6.07) is 10.4. The van der Waals surface area contributed by atoms with Gasteiger partial charge in [0.2, 0.25) is 0 Å². The fraction of sp³-hybridized carbons (Fsp3) is 0.238. The third kappa shape index (κ3) is 4.84. The van der Waals surface area contributed by atoms with Crippen molar-refractivity contribution < 1.29 is 28.3 Å². The van der Waals surface area contributed by atoms with Crippen molar-refractivity contribution in [2.45, 2.75) is 19.8 Å². The summed E-state index contributed by atoms with van der Waals surface area (Å²) < 4.78 is 17.9. The molecule has 0 aromatic heterocycles. The van der Waals surface area contributed by atoms with E-state index in [1.807, 2.05) is 6.92 Å². The molecule has 0 fully saturated rings. The van der Waals surface area contributed by atoms with Crippen molar-refractivity contribution in [3.63, 3.8) is 0 Å². The van der Waals surface area contributed by atoms with Gasteiger partial charge in [0.25, 0.3) is 17.7 Å². The first-order valence-electron chi connectivity index (χ1n) is 9.03. The van der Waals surface area contributed by atoms with Gasteiger partial charge in [-0.25, -0.2) is 4.39 Å². The summed E-state index contributed by atoms with van der Waals surface area (Å²) in [7, 11) is 0. The standard InChI is InChI=1S/C21H19FN2O5/c1-13-7-8-16-17(10-13)21(28)24(20(16)27)9-3-6-19(26)29-12-18(25)23-15-5-2-4-14(22)11-15/h2,4-5,7-8,10-11H,3,6,9,12H2,1H3,(H,23,25). The number of anilines is 1. The van der Waals surface area contributed by atoms with Crippen LogP contribution in [0.25, 0.3) is 0 Å². The maximum Gasteiger partial charge on any atom is 0.306 e. The number of amides is 3. The number of fused-ring (bicyclic) bond motifs is 1. The lowest BCUT2D eigenvalue weighted by atomic mass is 10.1. The number of nitrogens with one attached hydrogen (secondary N) is 1. The van der Waals surface area contributed by atoms with Crippen molar-refractivity contribution in [2.24, 2.45) is 0 Å². The third-order valence-corrected chi connectivity index (χ3v) is 4.36. The summed E-state index contributed by atoms with van der Waals surface area (Å²) >= 11 is 0. The Morgan fingerprint density at radius 2 is 1.83 bits per heavy atom. The van der Waals surface area contributed by atoms with Gasteiger partial charge in [-0.1, -0.05) is 17.7 Å². The minimum absolute atomic E-state index is 0.0559. The number of nitrogens with zero attached hydrogens (tertiary/aromatic N) is 1. The molecule has 2 aromatic carbocycles. The van der Waals surface area contributed by atoms with E-state index in [2.05, 4.69) is 5.32 Å². The molecule has 0 saturated carbocycles. The molecule has 0 spiro atoms. The summed E-state index contributed by atoms with van der Waals surface area (Å²) in [5, 5.41) is 2.41. The first-order chi connectivity index (χ1) is 13.8. The van der Waals surface area contributed by atoms with Gasteiger partial charge in [0, 0.05) is 18.7 Å². The van der Waals surface area contributed by atoms with Crippen LogP contribution in [0, 0.1) is 12.7 Å². The van der Waals surface area contributed by atoms with E-state index < -0.39 is 24.3 Å². The Morgan fingerprint density at radius 3 is 2.59 bits per heavy atom. The number of hydrogen-bond donors (Lipinski definition) is 1. The second-order valence-electron chi connectivity index (χ2n) is 6.63. The molecule has 1 aliphatic rings. The van der Waals surface area contributed by atoms with Crippen LogP contribution < -0.4 is 5.32 Å². The second kappa shape index (κ2) is 8.64. The normalized spacial score (nSPS) is 12.7. The molecule has 1 aliphatic heterocycles. The van der Waals surface area contributed by atoms with E-state index in [0.29, 0.717) is 11.1 Å². The van der Waals surface area contributed by atoms with Gasteiger partial charge in [-0.2, -0.15) is 0 Å². The van der Waals surface area contributed by atoms with Crippen molar-refractivity contribution in [3.8, 4) is 0 Å². The molecule has 8 heteroatoms. The lowest BCUT2D eigenvalue weighted by Crippen LogP contribution is -2.31. The Bertz CT molecular complexity index is 989. The molecule has 0 bridgehead atoms. The highest BCUT2D eigenvalue weighted by Crippen LogP contribution is 2.24. The van der Waals surface area contributed by atoms with Gasteiger partial charge < -0.3 is 10.1 Å². The molecular weight excluding hydrogens is 379 g/mol. The molecule has 7 nitrogen and oxygen atoms in total. The monoisotopic (exact) mass is 398 g/mol. The highest BCUT2D eigenvalue weighted by atomic mass is 19.1. The quantitative estimate of drug-likeness (QED) is 0.572. The molecule has 150 valence electrons. The van der Waals surface area contributed by atoms with Crippen LogP contribution in [0.4, 0.5) is 10.1 Å². The van der Waals surface area contributed by atoms with Crippen molar-refractivity contribution in [2.75, 3.05) is 18.5 Å². The lowest BCUT2D eigenvalue weighted by molar-refractivity contribution is -0.147. The van der Waals surface area contributed by atoms with E-state index >= 15 is 0 Å². The number of imide groups is 1. The second-order valence-corrected chi connectivity index (χ2v) is 6.63. The Labute approximate surface area is 166 Å². The van der Waals surface area contributed by atoms with Crippen LogP contribution in [0.5, 0.6) is 0 Å². The van der Waals surface area contributed by atoms with E-state index in [0.717, 1.165) is 16.5 Å². The Kier molecular flexibility index (Phi) is 6.01. The van der Waals surface area contributed by atoms with Crippen molar-refractivity contribution in [1.82, 2.24) is 4.90 Å². The van der Waals surface area contributed by atoms with Crippen molar-refractivity contribution >= 4 is 29.4 Å². The summed E-state index contributed by atoms with van der Waals surface area (Å²) in [5.41, 5.74) is 1.86. The van der Waals surface area contributed by atoms with Crippen LogP contribution in [-0.2, 0) is 14.3 Å². The Morgan fingerprint density at radius 1 is 1.07 bits per heavy atom. The number of aryl methyl sites for hydroxylation is 1. The maximum absolute atomic E-state index is 13.1. The van der Waals surface area contributed by atoms with Gasteiger partial charge in [0.1, 0.15) is 5.82 Å². The van der Waals surface area contributed by atoms with Crippen molar-refractivity contribution in [3.05, 3.63) is 65.0 Å². The molecule has 1 N–H and O–H groups in total. The molecule has 0 unspecified atom stereocenters. The first-order valence-corrected chi connectivity index (χ1v) is 9.03. The topological polar surface area (TPSA) is 92.8 Å². The van der Waals surface area contributed by atoms with Crippen LogP contribution in [0.1, 0.15) is 39.1 Å². The van der Waals surface area contributed by atoms with Crippen LogP contribution in [0.3, 0.4) is 0 Å². The summed E-state index contributed by atoms with van der Waals surface area (Å²) in [4.78, 5) is 49.3. The predicted molar refractivity (Wildman–Crippen MR) is 102 cm³/mol. The molecule has 3 rings (SSSR count). The predicted octanol–water partition coefficient (Wildman–Crippen LogP) is 2.69. The molecule has 0 aliphatic carbocycles. The van der Waals surface area contributed by atoms with Crippen LogP contribution in [0.2, 0.25) is 0 Å². The highest BCUT2D eigenvalue weighted by Gasteiger charge is 2.35. The molecule has 3 amide bonds. The van der Waals surface area contributed by atoms with E-state index in [1.165, 1.54) is 18.2 Å². The summed E-state index contributed by atoms with van der Waals surface area (Å²) in [5.74, 6) is -2.49. The average molecular weight is 398 g/mol. The number of carbonyl (C=O) groups excluding carboxylic acids is 4. The Hall–Kier alpha value is -3.55. The van der Waals surface area contributed by atoms with Crippen LogP contribution >= 0.6 is 0 Å². The van der Waals surface area contributed by atoms with E-state index in [1.54, 1.807) is 18.2 Å². The number of ether oxygens (including phenoxy) is 1. The number of halogens is 1. The maximum atomic E-state index is 13.1. The molecule has 0 saturated heterocycles. The number of esters is 1. The molecular formula is C21H19FN2O5. The van der Waals surface area contributed by atoms with E-state index in [4.69, 9.17) is 4.74 Å². The van der Waals surface area contributed by atoms with Gasteiger partial charge in [-0.15, -0.1) is 0 Å². The van der Waals surface area contributed by atoms with Crippen LogP contribution in [0.15, 0.2) is 42.5 Å². The van der Waals surface area contributed by atoms with Gasteiger partial charge in [-0.3, -0.25) is 24.1 Å². The van der Waals surface area contributed by atoms with Gasteiger partial charge >= 0.3 is 5.97 Å². The molecule has 29 heavy (non-hydrogen) atoms. The van der Waals surface area contributed by atoms with E-state index in [-0.39, 0.29) is 36.9 Å². The van der Waals surface area contributed by atoms with Gasteiger partial charge in [0.15, 0.2) is 6.61 Å². The number of benzene rings is 2. The zero-order valence-electron chi connectivity index (χ0n) is 15.7. The number of hydrogen-bond acceptors (Lipinski definition) is 5. The summed E-state index contributed by atoms with van der Waals surface area (Å²) in [6.45, 7) is 1.40. The number of rotatable bonds is 7. The molecule has 0 atom stereocenters. The largest absolute Gasteiger partial charge is 0.456 e. The van der Waals surface area contributed by atoms with E-state index in [9.17, 15) is 23.6 Å². The zero-order chi connectivity index (χ0) is 21.0. The molecule has 0 radical (unpaired) electrons. The Balaban J connectivity index is 1.42. The fourth-order valence-corrected chi connectivity index (χ4v) is 2.97. The highest BCUT2D eigenvalue weighted by molar-refractivity contribution is 6.21.